The van der Waals surface area contributed by atoms with Gasteiger partial charge in [0.25, 0.3) is 5.89 Å². The first-order chi connectivity index (χ1) is 10.6. The molecule has 112 valence electrons. The predicted octanol–water partition coefficient (Wildman–Crippen LogP) is 3.51. The van der Waals surface area contributed by atoms with Crippen LogP contribution in [0, 0.1) is 0 Å². The number of aromatic hydroxyl groups is 1. The van der Waals surface area contributed by atoms with Crippen molar-refractivity contribution in [3.05, 3.63) is 51.4 Å². The van der Waals surface area contributed by atoms with Crippen molar-refractivity contribution in [2.75, 3.05) is 0 Å². The first-order valence-electron chi connectivity index (χ1n) is 6.14. The summed E-state index contributed by atoms with van der Waals surface area (Å²) < 4.78 is 10.1. The Morgan fingerprint density at radius 2 is 2.27 bits per heavy atom. The fraction of sp³-hybridized carbons (Fsp3) is 0.0714. The van der Waals surface area contributed by atoms with Crippen LogP contribution in [0.25, 0.3) is 11.5 Å². The average molecular weight is 337 g/mol. The number of thiophene rings is 1. The highest BCUT2D eigenvalue weighted by molar-refractivity contribution is 7.08. The summed E-state index contributed by atoms with van der Waals surface area (Å²) in [6.07, 6.45) is 0. The van der Waals surface area contributed by atoms with Crippen LogP contribution in [0.5, 0.6) is 5.75 Å². The minimum Gasteiger partial charge on any atom is -0.507 e. The standard InChI is InChI=1S/C14H9ClN2O4S/c15-9-1-2-10(11(18)5-9)14(19)20-6-12-16-13(21-17-12)8-3-4-22-7-8/h1-5,7,18H,6H2. The highest BCUT2D eigenvalue weighted by Crippen LogP contribution is 2.23. The quantitative estimate of drug-likeness (QED) is 0.734. The van der Waals surface area contributed by atoms with E-state index >= 15 is 0 Å². The number of hydrogen-bond acceptors (Lipinski definition) is 7. The Labute approximate surface area is 133 Å². The maximum Gasteiger partial charge on any atom is 0.342 e. The molecule has 2 aromatic heterocycles. The molecule has 0 aliphatic rings. The van der Waals surface area contributed by atoms with E-state index in [0.717, 1.165) is 5.56 Å². The summed E-state index contributed by atoms with van der Waals surface area (Å²) in [5, 5.41) is 17.5. The van der Waals surface area contributed by atoms with E-state index in [4.69, 9.17) is 20.9 Å². The van der Waals surface area contributed by atoms with Crippen LogP contribution in [0.15, 0.2) is 39.5 Å². The summed E-state index contributed by atoms with van der Waals surface area (Å²) in [7, 11) is 0. The van der Waals surface area contributed by atoms with Crippen molar-refractivity contribution in [1.82, 2.24) is 10.1 Å². The number of carbonyl (C=O) groups excluding carboxylic acids is 1. The first-order valence-corrected chi connectivity index (χ1v) is 7.46. The average Bonchev–Trinajstić information content (AvgIpc) is 3.16. The van der Waals surface area contributed by atoms with E-state index in [1.165, 1.54) is 29.5 Å². The molecule has 0 saturated carbocycles. The minimum atomic E-state index is -0.698. The molecule has 0 saturated heterocycles. The van der Waals surface area contributed by atoms with Gasteiger partial charge in [0, 0.05) is 10.4 Å². The first kappa shape index (κ1) is 14.6. The molecule has 0 bridgehead atoms. The van der Waals surface area contributed by atoms with Gasteiger partial charge in [0.2, 0.25) is 5.82 Å². The monoisotopic (exact) mass is 336 g/mol. The summed E-state index contributed by atoms with van der Waals surface area (Å²) in [6.45, 7) is -0.158. The normalized spacial score (nSPS) is 10.6. The summed E-state index contributed by atoms with van der Waals surface area (Å²) in [6, 6.07) is 5.98. The second kappa shape index (κ2) is 6.17. The van der Waals surface area contributed by atoms with Crippen molar-refractivity contribution in [3.8, 4) is 17.2 Å². The molecule has 0 radical (unpaired) electrons. The van der Waals surface area contributed by atoms with Gasteiger partial charge in [-0.3, -0.25) is 0 Å². The van der Waals surface area contributed by atoms with Crippen LogP contribution in [0.2, 0.25) is 5.02 Å². The van der Waals surface area contributed by atoms with Gasteiger partial charge < -0.3 is 14.4 Å². The Morgan fingerprint density at radius 3 is 3.00 bits per heavy atom. The highest BCUT2D eigenvalue weighted by Gasteiger charge is 2.15. The predicted molar refractivity (Wildman–Crippen MR) is 79.8 cm³/mol. The fourth-order valence-electron chi connectivity index (χ4n) is 1.70. The van der Waals surface area contributed by atoms with Gasteiger partial charge in [-0.25, -0.2) is 4.79 Å². The largest absolute Gasteiger partial charge is 0.507 e. The van der Waals surface area contributed by atoms with E-state index in [-0.39, 0.29) is 23.7 Å². The third-order valence-corrected chi connectivity index (χ3v) is 3.67. The second-order valence-corrected chi connectivity index (χ2v) is 5.48. The zero-order valence-electron chi connectivity index (χ0n) is 11.0. The second-order valence-electron chi connectivity index (χ2n) is 4.27. The summed E-state index contributed by atoms with van der Waals surface area (Å²) in [4.78, 5) is 16.0. The number of aromatic nitrogens is 2. The summed E-state index contributed by atoms with van der Waals surface area (Å²) >= 11 is 7.21. The number of benzene rings is 1. The van der Waals surface area contributed by atoms with Crippen LogP contribution in [0.3, 0.4) is 0 Å². The number of halogens is 1. The Hall–Kier alpha value is -2.38. The number of phenols is 1. The molecule has 3 rings (SSSR count). The molecule has 8 heteroatoms. The molecule has 6 nitrogen and oxygen atoms in total. The molecule has 0 unspecified atom stereocenters. The van der Waals surface area contributed by atoms with Crippen LogP contribution < -0.4 is 0 Å². The molecule has 1 aromatic carbocycles. The third kappa shape index (κ3) is 3.10. The maximum atomic E-state index is 11.9. The number of carbonyl (C=O) groups is 1. The Kier molecular flexibility index (Phi) is 4.08. The lowest BCUT2D eigenvalue weighted by atomic mass is 10.2. The van der Waals surface area contributed by atoms with Gasteiger partial charge in [0.1, 0.15) is 11.3 Å². The van der Waals surface area contributed by atoms with Gasteiger partial charge in [-0.1, -0.05) is 16.8 Å². The van der Waals surface area contributed by atoms with Crippen LogP contribution in [0.4, 0.5) is 0 Å². The van der Waals surface area contributed by atoms with Gasteiger partial charge >= 0.3 is 5.97 Å². The lowest BCUT2D eigenvalue weighted by molar-refractivity contribution is 0.0456. The van der Waals surface area contributed by atoms with Crippen molar-refractivity contribution >= 4 is 28.9 Å². The Bertz CT molecular complexity index is 801. The van der Waals surface area contributed by atoms with E-state index in [1.807, 2.05) is 16.8 Å². The van der Waals surface area contributed by atoms with Crippen LogP contribution >= 0.6 is 22.9 Å². The Morgan fingerprint density at radius 1 is 1.41 bits per heavy atom. The topological polar surface area (TPSA) is 85.5 Å². The molecular formula is C14H9ClN2O4S. The van der Waals surface area contributed by atoms with Crippen LogP contribution in [-0.4, -0.2) is 21.2 Å². The fourth-order valence-corrected chi connectivity index (χ4v) is 2.50. The Balaban J connectivity index is 1.66. The lowest BCUT2D eigenvalue weighted by Gasteiger charge is -2.04. The molecule has 22 heavy (non-hydrogen) atoms. The van der Waals surface area contributed by atoms with Gasteiger partial charge in [0.15, 0.2) is 6.61 Å². The SMILES string of the molecule is O=C(OCc1noc(-c2ccsc2)n1)c1ccc(Cl)cc1O. The molecular weight excluding hydrogens is 328 g/mol. The van der Waals surface area contributed by atoms with Crippen molar-refractivity contribution < 1.29 is 19.2 Å². The van der Waals surface area contributed by atoms with Gasteiger partial charge in [-0.05, 0) is 29.6 Å². The molecule has 3 aromatic rings. The molecule has 2 heterocycles. The molecule has 0 aliphatic heterocycles. The van der Waals surface area contributed by atoms with E-state index < -0.39 is 5.97 Å². The van der Waals surface area contributed by atoms with Gasteiger partial charge in [0.05, 0.1) is 5.56 Å². The van der Waals surface area contributed by atoms with Crippen molar-refractivity contribution in [3.63, 3.8) is 0 Å². The van der Waals surface area contributed by atoms with E-state index in [9.17, 15) is 9.90 Å². The number of esters is 1. The number of ether oxygens (including phenoxy) is 1. The lowest BCUT2D eigenvalue weighted by Crippen LogP contribution is -2.06. The summed E-state index contributed by atoms with van der Waals surface area (Å²) in [5.74, 6) is -0.342. The molecule has 0 spiro atoms. The molecule has 0 aliphatic carbocycles. The molecule has 0 atom stereocenters. The van der Waals surface area contributed by atoms with Crippen LogP contribution in [-0.2, 0) is 11.3 Å². The smallest absolute Gasteiger partial charge is 0.342 e. The third-order valence-electron chi connectivity index (χ3n) is 2.75. The van der Waals surface area contributed by atoms with E-state index in [0.29, 0.717) is 10.9 Å². The maximum absolute atomic E-state index is 11.9. The zero-order chi connectivity index (χ0) is 15.5. The minimum absolute atomic E-state index is 0.0194. The van der Waals surface area contributed by atoms with Crippen LogP contribution in [0.1, 0.15) is 16.2 Å². The van der Waals surface area contributed by atoms with Gasteiger partial charge in [-0.2, -0.15) is 16.3 Å². The number of hydrogen-bond donors (Lipinski definition) is 1. The molecule has 0 amide bonds. The van der Waals surface area contributed by atoms with Gasteiger partial charge in [-0.15, -0.1) is 0 Å². The van der Waals surface area contributed by atoms with Crippen molar-refractivity contribution in [2.45, 2.75) is 6.61 Å². The molecule has 1 N–H and O–H groups in total. The van der Waals surface area contributed by atoms with Crippen molar-refractivity contribution in [2.24, 2.45) is 0 Å². The van der Waals surface area contributed by atoms with Crippen molar-refractivity contribution in [1.29, 1.82) is 0 Å². The number of phenolic OH excluding ortho intramolecular Hbond substituents is 1. The molecule has 0 fully saturated rings. The van der Waals surface area contributed by atoms with E-state index in [1.54, 1.807) is 0 Å². The number of nitrogens with zero attached hydrogens (tertiary/aromatic N) is 2. The zero-order valence-corrected chi connectivity index (χ0v) is 12.6. The number of rotatable bonds is 4. The van der Waals surface area contributed by atoms with E-state index in [2.05, 4.69) is 10.1 Å². The highest BCUT2D eigenvalue weighted by atomic mass is 35.5. The summed E-state index contributed by atoms with van der Waals surface area (Å²) in [5.41, 5.74) is 0.830.